The van der Waals surface area contributed by atoms with E-state index in [1.807, 2.05) is 56.3 Å². The Hall–Kier alpha value is -4.31. The highest BCUT2D eigenvalue weighted by atomic mass is 16.5. The topological polar surface area (TPSA) is 123 Å². The second-order valence-corrected chi connectivity index (χ2v) is 12.5. The highest BCUT2D eigenvalue weighted by Crippen LogP contribution is 2.30. The zero-order chi connectivity index (χ0) is 31.9. The number of nitrogens with zero attached hydrogens (tertiary/aromatic N) is 2. The van der Waals surface area contributed by atoms with E-state index in [-0.39, 0.29) is 43.0 Å². The summed E-state index contributed by atoms with van der Waals surface area (Å²) in [6.07, 6.45) is 5.08. The maximum absolute atomic E-state index is 13.6. The van der Waals surface area contributed by atoms with Crippen molar-refractivity contribution in [2.24, 2.45) is 5.92 Å². The Bertz CT molecular complexity index is 1500. The molecule has 4 N–H and O–H groups in total. The number of aliphatic hydroxyl groups excluding tert-OH is 1. The molecule has 1 aliphatic heterocycles. The fraction of sp³-hybridized carbons (Fsp3) is 0.457. The van der Waals surface area contributed by atoms with Crippen molar-refractivity contribution in [3.05, 3.63) is 66.2 Å². The van der Waals surface area contributed by atoms with Gasteiger partial charge < -0.3 is 35.6 Å². The molecule has 5 rings (SSSR count). The maximum atomic E-state index is 13.6. The van der Waals surface area contributed by atoms with Crippen LogP contribution >= 0.6 is 0 Å². The van der Waals surface area contributed by atoms with Gasteiger partial charge in [0.2, 0.25) is 5.91 Å². The maximum Gasteiger partial charge on any atom is 0.323 e. The predicted molar refractivity (Wildman–Crippen MR) is 177 cm³/mol. The van der Waals surface area contributed by atoms with Crippen LogP contribution in [0.25, 0.3) is 10.8 Å². The number of hydrogen-bond acceptors (Lipinski definition) is 5. The number of ether oxygens (including phenoxy) is 1. The largest absolute Gasteiger partial charge is 0.488 e. The quantitative estimate of drug-likeness (QED) is 0.275. The van der Waals surface area contributed by atoms with E-state index in [0.717, 1.165) is 36.5 Å². The number of hydrogen-bond donors (Lipinski definition) is 4. The van der Waals surface area contributed by atoms with Crippen LogP contribution in [0.5, 0.6) is 5.75 Å². The Labute approximate surface area is 265 Å². The Balaban J connectivity index is 1.35. The Morgan fingerprint density at radius 2 is 1.80 bits per heavy atom. The van der Waals surface area contributed by atoms with Crippen LogP contribution in [0, 0.1) is 5.92 Å². The van der Waals surface area contributed by atoms with Gasteiger partial charge in [-0.15, -0.1) is 0 Å². The molecule has 1 saturated carbocycles. The average Bonchev–Trinajstić information content (AvgIpc) is 3.08. The summed E-state index contributed by atoms with van der Waals surface area (Å²) >= 11 is 0. The van der Waals surface area contributed by atoms with E-state index < -0.39 is 12.1 Å². The van der Waals surface area contributed by atoms with Gasteiger partial charge in [-0.3, -0.25) is 4.79 Å². The van der Waals surface area contributed by atoms with Gasteiger partial charge in [0, 0.05) is 42.2 Å². The summed E-state index contributed by atoms with van der Waals surface area (Å²) in [7, 11) is 1.77. The first-order chi connectivity index (χ1) is 21.7. The Morgan fingerprint density at radius 1 is 1.04 bits per heavy atom. The monoisotopic (exact) mass is 615 g/mol. The molecule has 0 radical (unpaired) electrons. The molecule has 3 aromatic carbocycles. The molecular weight excluding hydrogens is 570 g/mol. The van der Waals surface area contributed by atoms with Gasteiger partial charge in [-0.1, -0.05) is 62.6 Å². The summed E-state index contributed by atoms with van der Waals surface area (Å²) in [6.45, 7) is 4.34. The van der Waals surface area contributed by atoms with Crippen LogP contribution < -0.4 is 20.7 Å². The van der Waals surface area contributed by atoms with Crippen molar-refractivity contribution in [2.45, 2.75) is 70.6 Å². The standard InChI is InChI=1S/C35H45N5O5/c1-23-20-40(24(2)22-41)33(42)19-26-18-28(36-34(43)38-30-15-9-11-25-10-7-8-14-29(25)30)16-17-31(26)45-32(23)21-39(3)35(44)37-27-12-5-4-6-13-27/h7-11,14-18,23-24,27,32,41H,4-6,12-13,19-22H2,1-3H3,(H,37,44)(H2,36,38,43)/t23-,24-,32-/m1/s1. The number of carbonyl (C=O) groups is 3. The van der Waals surface area contributed by atoms with Crippen molar-refractivity contribution < 1.29 is 24.2 Å². The predicted octanol–water partition coefficient (Wildman–Crippen LogP) is 5.61. The molecule has 240 valence electrons. The third-order valence-corrected chi connectivity index (χ3v) is 8.95. The van der Waals surface area contributed by atoms with Crippen LogP contribution in [-0.2, 0) is 11.2 Å². The molecule has 3 atom stereocenters. The third-order valence-electron chi connectivity index (χ3n) is 8.95. The number of aliphatic hydroxyl groups is 1. The zero-order valence-electron chi connectivity index (χ0n) is 26.4. The lowest BCUT2D eigenvalue weighted by Gasteiger charge is -2.34. The van der Waals surface area contributed by atoms with Crippen molar-refractivity contribution in [1.29, 1.82) is 0 Å². The summed E-state index contributed by atoms with van der Waals surface area (Å²) in [5.41, 5.74) is 1.82. The second kappa shape index (κ2) is 14.6. The van der Waals surface area contributed by atoms with E-state index in [9.17, 15) is 19.5 Å². The molecule has 10 nitrogen and oxygen atoms in total. The molecule has 1 heterocycles. The summed E-state index contributed by atoms with van der Waals surface area (Å²) in [6, 6.07) is 18.1. The van der Waals surface area contributed by atoms with E-state index in [2.05, 4.69) is 16.0 Å². The summed E-state index contributed by atoms with van der Waals surface area (Å²) in [4.78, 5) is 43.0. The normalized spacial score (nSPS) is 19.7. The molecule has 1 fully saturated rings. The van der Waals surface area contributed by atoms with Crippen molar-refractivity contribution in [2.75, 3.05) is 37.4 Å². The van der Waals surface area contributed by atoms with E-state index in [4.69, 9.17) is 4.74 Å². The number of fused-ring (bicyclic) bond motifs is 2. The number of likely N-dealkylation sites (N-methyl/N-ethyl adjacent to an activating group) is 1. The first kappa shape index (κ1) is 32.1. The van der Waals surface area contributed by atoms with Gasteiger partial charge in [-0.2, -0.15) is 0 Å². The minimum Gasteiger partial charge on any atom is -0.488 e. The number of carbonyl (C=O) groups excluding carboxylic acids is 3. The van der Waals surface area contributed by atoms with Crippen molar-refractivity contribution >= 4 is 40.1 Å². The lowest BCUT2D eigenvalue weighted by molar-refractivity contribution is -0.134. The Morgan fingerprint density at radius 3 is 2.58 bits per heavy atom. The highest BCUT2D eigenvalue weighted by molar-refractivity contribution is 6.06. The first-order valence-corrected chi connectivity index (χ1v) is 16.0. The van der Waals surface area contributed by atoms with Gasteiger partial charge in [0.1, 0.15) is 11.9 Å². The fourth-order valence-electron chi connectivity index (χ4n) is 6.23. The molecule has 0 aromatic heterocycles. The zero-order valence-corrected chi connectivity index (χ0v) is 26.4. The number of amides is 5. The third kappa shape index (κ3) is 8.05. The molecule has 0 bridgehead atoms. The minimum atomic E-state index is -0.418. The SMILES string of the molecule is C[C@@H]1CN([C@H](C)CO)C(=O)Cc2cc(NC(=O)Nc3cccc4ccccc34)ccc2O[C@@H]1CN(C)C(=O)NC1CCCCC1. The van der Waals surface area contributed by atoms with Crippen molar-refractivity contribution in [3.63, 3.8) is 0 Å². The van der Waals surface area contributed by atoms with Crippen LogP contribution in [0.2, 0.25) is 0 Å². The fourth-order valence-corrected chi connectivity index (χ4v) is 6.23. The molecule has 0 spiro atoms. The van der Waals surface area contributed by atoms with E-state index >= 15 is 0 Å². The lowest BCUT2D eigenvalue weighted by Crippen LogP contribution is -2.50. The van der Waals surface area contributed by atoms with Gasteiger partial charge in [-0.05, 0) is 49.4 Å². The molecule has 5 amide bonds. The molecule has 2 aliphatic rings. The molecule has 10 heteroatoms. The average molecular weight is 616 g/mol. The summed E-state index contributed by atoms with van der Waals surface area (Å²) in [5.74, 6) is 0.248. The van der Waals surface area contributed by atoms with Crippen LogP contribution in [0.15, 0.2) is 60.7 Å². The van der Waals surface area contributed by atoms with Crippen LogP contribution in [0.3, 0.4) is 0 Å². The lowest BCUT2D eigenvalue weighted by atomic mass is 9.96. The number of benzene rings is 3. The van der Waals surface area contributed by atoms with Gasteiger partial charge in [-0.25, -0.2) is 9.59 Å². The molecule has 3 aromatic rings. The van der Waals surface area contributed by atoms with Gasteiger partial charge in [0.15, 0.2) is 0 Å². The first-order valence-electron chi connectivity index (χ1n) is 16.0. The van der Waals surface area contributed by atoms with Crippen molar-refractivity contribution in [1.82, 2.24) is 15.1 Å². The minimum absolute atomic E-state index is 0.0393. The molecule has 1 aliphatic carbocycles. The van der Waals surface area contributed by atoms with Crippen LogP contribution in [-0.4, -0.2) is 77.8 Å². The van der Waals surface area contributed by atoms with Gasteiger partial charge in [0.05, 0.1) is 31.3 Å². The number of nitrogens with one attached hydrogen (secondary N) is 3. The van der Waals surface area contributed by atoms with Crippen molar-refractivity contribution in [3.8, 4) is 5.75 Å². The van der Waals surface area contributed by atoms with Crippen LogP contribution in [0.1, 0.15) is 51.5 Å². The van der Waals surface area contributed by atoms with E-state index in [1.165, 1.54) is 6.42 Å². The molecule has 0 saturated heterocycles. The van der Waals surface area contributed by atoms with Gasteiger partial charge >= 0.3 is 12.1 Å². The highest BCUT2D eigenvalue weighted by Gasteiger charge is 2.32. The van der Waals surface area contributed by atoms with E-state index in [1.54, 1.807) is 35.0 Å². The molecular formula is C35H45N5O5. The Kier molecular flexibility index (Phi) is 10.4. The summed E-state index contributed by atoms with van der Waals surface area (Å²) in [5, 5.41) is 20.9. The summed E-state index contributed by atoms with van der Waals surface area (Å²) < 4.78 is 6.56. The second-order valence-electron chi connectivity index (χ2n) is 12.5. The number of anilines is 2. The molecule has 0 unspecified atom stereocenters. The van der Waals surface area contributed by atoms with E-state index in [0.29, 0.717) is 35.8 Å². The number of rotatable bonds is 7. The number of urea groups is 2. The molecule has 45 heavy (non-hydrogen) atoms. The van der Waals surface area contributed by atoms with Gasteiger partial charge in [0.25, 0.3) is 0 Å². The smallest absolute Gasteiger partial charge is 0.323 e. The van der Waals surface area contributed by atoms with Crippen LogP contribution in [0.4, 0.5) is 21.0 Å².